The minimum atomic E-state index is -0.364. The predicted molar refractivity (Wildman–Crippen MR) is 97.1 cm³/mol. The lowest BCUT2D eigenvalue weighted by atomic mass is 10.2. The molecule has 3 aromatic rings. The Labute approximate surface area is 147 Å². The number of hydrogen-bond donors (Lipinski definition) is 2. The van der Waals surface area contributed by atoms with Crippen molar-refractivity contribution < 1.29 is 9.90 Å². The zero-order chi connectivity index (χ0) is 16.9. The monoisotopic (exact) mass is 359 g/mol. The van der Waals surface area contributed by atoms with Gasteiger partial charge in [0.25, 0.3) is 5.91 Å². The lowest BCUT2D eigenvalue weighted by Crippen LogP contribution is -1.96. The molecule has 0 unspecified atom stereocenters. The molecule has 0 fully saturated rings. The number of carbonyl (C=O) groups is 1. The molecular weight excluding hydrogens is 346 g/mol. The van der Waals surface area contributed by atoms with Gasteiger partial charge >= 0.3 is 0 Å². The Kier molecular flexibility index (Phi) is 5.17. The van der Waals surface area contributed by atoms with Gasteiger partial charge in [0.2, 0.25) is 5.88 Å². The molecule has 0 radical (unpaired) electrons. The Morgan fingerprint density at radius 2 is 1.92 bits per heavy atom. The fourth-order valence-corrected chi connectivity index (χ4v) is 3.30. The Morgan fingerprint density at radius 3 is 2.75 bits per heavy atom. The summed E-state index contributed by atoms with van der Waals surface area (Å²) in [4.78, 5) is 14.6. The van der Waals surface area contributed by atoms with Crippen LogP contribution in [0.2, 0.25) is 5.02 Å². The fraction of sp³-hybridized carbons (Fsp3) is 0.118. The summed E-state index contributed by atoms with van der Waals surface area (Å²) in [5.74, 6) is 0.352. The molecule has 1 heterocycles. The number of aromatic nitrogens is 1. The molecule has 0 aliphatic rings. The highest BCUT2D eigenvalue weighted by molar-refractivity contribution is 7.99. The van der Waals surface area contributed by atoms with Gasteiger partial charge in [-0.25, -0.2) is 0 Å². The molecule has 2 aromatic carbocycles. The number of para-hydroxylation sites is 1. The molecule has 5 nitrogen and oxygen atoms in total. The fourth-order valence-electron chi connectivity index (χ4n) is 2.21. The van der Waals surface area contributed by atoms with Crippen molar-refractivity contribution in [3.8, 4) is 5.88 Å². The summed E-state index contributed by atoms with van der Waals surface area (Å²) < 4.78 is 0. The molecule has 0 aliphatic carbocycles. The molecule has 0 saturated carbocycles. The molecule has 0 bridgehead atoms. The average molecular weight is 360 g/mol. The number of carbonyl (C=O) groups excluding carboxylic acids is 1. The Bertz CT molecular complexity index is 908. The van der Waals surface area contributed by atoms with E-state index in [-0.39, 0.29) is 23.2 Å². The normalized spacial score (nSPS) is 11.4. The molecule has 0 atom stereocenters. The summed E-state index contributed by atoms with van der Waals surface area (Å²) >= 11 is 7.49. The van der Waals surface area contributed by atoms with E-state index in [1.807, 2.05) is 42.5 Å². The number of benzene rings is 2. The van der Waals surface area contributed by atoms with E-state index in [2.05, 4.69) is 15.2 Å². The van der Waals surface area contributed by atoms with E-state index in [0.29, 0.717) is 10.8 Å². The number of aromatic amines is 1. The molecule has 1 amide bonds. The van der Waals surface area contributed by atoms with E-state index in [1.165, 1.54) is 11.8 Å². The van der Waals surface area contributed by atoms with Crippen LogP contribution in [-0.2, 0) is 10.5 Å². The molecule has 0 spiro atoms. The number of nitrogens with one attached hydrogen (secondary N) is 1. The van der Waals surface area contributed by atoms with Crippen LogP contribution in [0.5, 0.6) is 5.88 Å². The summed E-state index contributed by atoms with van der Waals surface area (Å²) in [6.07, 6.45) is 0. The number of aromatic hydroxyl groups is 1. The summed E-state index contributed by atoms with van der Waals surface area (Å²) in [5, 5.41) is 18.8. The van der Waals surface area contributed by atoms with Gasteiger partial charge in [-0.1, -0.05) is 48.0 Å². The lowest BCUT2D eigenvalue weighted by molar-refractivity contribution is -0.115. The third-order valence-corrected chi connectivity index (χ3v) is 4.70. The Balaban J connectivity index is 1.61. The minimum absolute atomic E-state index is 0.100. The van der Waals surface area contributed by atoms with Gasteiger partial charge in [-0.2, -0.15) is 0 Å². The van der Waals surface area contributed by atoms with Crippen molar-refractivity contribution >= 4 is 45.9 Å². The predicted octanol–water partition coefficient (Wildman–Crippen LogP) is 5.07. The van der Waals surface area contributed by atoms with Crippen molar-refractivity contribution in [2.24, 2.45) is 10.2 Å². The number of azo groups is 1. The second kappa shape index (κ2) is 7.51. The van der Waals surface area contributed by atoms with Crippen molar-refractivity contribution in [3.63, 3.8) is 0 Å². The third kappa shape index (κ3) is 3.77. The highest BCUT2D eigenvalue weighted by Crippen LogP contribution is 2.35. The van der Waals surface area contributed by atoms with Crippen molar-refractivity contribution in [1.29, 1.82) is 0 Å². The van der Waals surface area contributed by atoms with Crippen molar-refractivity contribution in [3.05, 3.63) is 59.1 Å². The SMILES string of the molecule is O=C(CSCc1ccccc1Cl)N=Nc1c(O)[nH]c2ccccc12. The molecule has 7 heteroatoms. The van der Waals surface area contributed by atoms with E-state index < -0.39 is 0 Å². The van der Waals surface area contributed by atoms with Crippen LogP contribution in [0.25, 0.3) is 10.9 Å². The molecular formula is C17H14ClN3O2S. The van der Waals surface area contributed by atoms with Crippen LogP contribution in [0.1, 0.15) is 5.56 Å². The molecule has 1 aromatic heterocycles. The second-order valence-corrected chi connectivity index (χ2v) is 6.44. The molecule has 24 heavy (non-hydrogen) atoms. The summed E-state index contributed by atoms with van der Waals surface area (Å²) in [6, 6.07) is 14.8. The quantitative estimate of drug-likeness (QED) is 0.624. The number of rotatable bonds is 5. The van der Waals surface area contributed by atoms with Gasteiger partial charge < -0.3 is 10.1 Å². The first kappa shape index (κ1) is 16.5. The van der Waals surface area contributed by atoms with Crippen LogP contribution in [0.15, 0.2) is 58.8 Å². The van der Waals surface area contributed by atoms with Crippen LogP contribution in [0.4, 0.5) is 5.69 Å². The van der Waals surface area contributed by atoms with Crippen LogP contribution >= 0.6 is 23.4 Å². The topological polar surface area (TPSA) is 77.8 Å². The maximum atomic E-state index is 11.9. The number of thioether (sulfide) groups is 1. The zero-order valence-electron chi connectivity index (χ0n) is 12.6. The van der Waals surface area contributed by atoms with E-state index in [9.17, 15) is 9.90 Å². The minimum Gasteiger partial charge on any atom is -0.493 e. The van der Waals surface area contributed by atoms with Gasteiger partial charge in [0.1, 0.15) is 0 Å². The lowest BCUT2D eigenvalue weighted by Gasteiger charge is -2.01. The zero-order valence-corrected chi connectivity index (χ0v) is 14.1. The smallest absolute Gasteiger partial charge is 0.274 e. The molecule has 0 aliphatic heterocycles. The Morgan fingerprint density at radius 1 is 1.17 bits per heavy atom. The van der Waals surface area contributed by atoms with Gasteiger partial charge in [-0.15, -0.1) is 22.0 Å². The van der Waals surface area contributed by atoms with Gasteiger partial charge in [0.05, 0.1) is 11.3 Å². The van der Waals surface area contributed by atoms with Crippen molar-refractivity contribution in [2.75, 3.05) is 5.75 Å². The first-order chi connectivity index (χ1) is 11.6. The molecule has 122 valence electrons. The highest BCUT2D eigenvalue weighted by atomic mass is 35.5. The molecule has 3 rings (SSSR count). The number of nitrogens with zero attached hydrogens (tertiary/aromatic N) is 2. The van der Waals surface area contributed by atoms with Crippen LogP contribution < -0.4 is 0 Å². The van der Waals surface area contributed by atoms with E-state index in [4.69, 9.17) is 11.6 Å². The largest absolute Gasteiger partial charge is 0.493 e. The van der Waals surface area contributed by atoms with Crippen molar-refractivity contribution in [2.45, 2.75) is 5.75 Å². The molecule has 2 N–H and O–H groups in total. The maximum Gasteiger partial charge on any atom is 0.274 e. The molecule has 0 saturated heterocycles. The van der Waals surface area contributed by atoms with Crippen LogP contribution in [0.3, 0.4) is 0 Å². The van der Waals surface area contributed by atoms with E-state index in [1.54, 1.807) is 6.07 Å². The van der Waals surface area contributed by atoms with Gasteiger partial charge in [0, 0.05) is 16.2 Å². The van der Waals surface area contributed by atoms with Gasteiger partial charge in [0.15, 0.2) is 5.69 Å². The van der Waals surface area contributed by atoms with E-state index in [0.717, 1.165) is 16.5 Å². The van der Waals surface area contributed by atoms with Crippen LogP contribution in [0, 0.1) is 0 Å². The first-order valence-corrected chi connectivity index (χ1v) is 8.74. The number of halogens is 1. The maximum absolute atomic E-state index is 11.9. The number of hydrogen-bond acceptors (Lipinski definition) is 4. The Hall–Kier alpha value is -2.31. The number of H-pyrrole nitrogens is 1. The summed E-state index contributed by atoms with van der Waals surface area (Å²) in [6.45, 7) is 0. The summed E-state index contributed by atoms with van der Waals surface area (Å²) in [7, 11) is 0. The van der Waals surface area contributed by atoms with Gasteiger partial charge in [-0.05, 0) is 17.7 Å². The van der Waals surface area contributed by atoms with E-state index >= 15 is 0 Å². The summed E-state index contributed by atoms with van der Waals surface area (Å²) in [5.41, 5.74) is 1.99. The third-order valence-electron chi connectivity index (χ3n) is 3.36. The number of fused-ring (bicyclic) bond motifs is 1. The highest BCUT2D eigenvalue weighted by Gasteiger charge is 2.10. The van der Waals surface area contributed by atoms with Crippen molar-refractivity contribution in [1.82, 2.24) is 4.98 Å². The average Bonchev–Trinajstić information content (AvgIpc) is 2.90. The van der Waals surface area contributed by atoms with Crippen LogP contribution in [-0.4, -0.2) is 21.8 Å². The second-order valence-electron chi connectivity index (χ2n) is 5.05. The number of amides is 1. The standard InChI is InChI=1S/C17H14ClN3O2S/c18-13-7-3-1-5-11(13)9-24-10-15(22)20-21-16-12-6-2-4-8-14(12)19-17(16)23/h1-8,19,23H,9-10H2. The first-order valence-electron chi connectivity index (χ1n) is 7.20. The van der Waals surface area contributed by atoms with Gasteiger partial charge in [-0.3, -0.25) is 4.79 Å².